The monoisotopic (exact) mass is 359 g/mol. The molecule has 0 spiro atoms. The lowest BCUT2D eigenvalue weighted by Gasteiger charge is -2.38. The Labute approximate surface area is 155 Å². The molecule has 0 bridgehead atoms. The van der Waals surface area contributed by atoms with Crippen molar-refractivity contribution in [1.82, 2.24) is 19.9 Å². The minimum atomic E-state index is 0.351. The maximum atomic E-state index is 4.84. The first-order valence-corrected chi connectivity index (χ1v) is 10.1. The summed E-state index contributed by atoms with van der Waals surface area (Å²) in [7, 11) is 0. The van der Waals surface area contributed by atoms with Gasteiger partial charge in [0.15, 0.2) is 0 Å². The maximum absolute atomic E-state index is 4.84. The lowest BCUT2D eigenvalue weighted by molar-refractivity contribution is 0.198. The van der Waals surface area contributed by atoms with Crippen molar-refractivity contribution in [2.75, 3.05) is 31.1 Å². The first kappa shape index (κ1) is 18.3. The van der Waals surface area contributed by atoms with Crippen molar-refractivity contribution in [2.45, 2.75) is 52.5 Å². The molecular weight excluding hydrogens is 330 g/mol. The molecule has 0 radical (unpaired) electrons. The van der Waals surface area contributed by atoms with Crippen molar-refractivity contribution in [2.24, 2.45) is 0 Å². The summed E-state index contributed by atoms with van der Waals surface area (Å²) in [6.45, 7) is 15.1. The molecule has 136 valence electrons. The molecule has 2 aromatic rings. The fourth-order valence-corrected chi connectivity index (χ4v) is 3.85. The van der Waals surface area contributed by atoms with Gasteiger partial charge in [-0.25, -0.2) is 15.0 Å². The van der Waals surface area contributed by atoms with Crippen LogP contribution in [-0.2, 0) is 0 Å². The van der Waals surface area contributed by atoms with E-state index in [1.54, 1.807) is 11.3 Å². The highest BCUT2D eigenvalue weighted by Crippen LogP contribution is 2.26. The van der Waals surface area contributed by atoms with E-state index in [9.17, 15) is 0 Å². The minimum Gasteiger partial charge on any atom is -0.354 e. The molecule has 0 saturated carbocycles. The second-order valence-corrected chi connectivity index (χ2v) is 8.31. The summed E-state index contributed by atoms with van der Waals surface area (Å²) in [4.78, 5) is 19.0. The summed E-state index contributed by atoms with van der Waals surface area (Å²) in [5, 5.41) is 3.27. The van der Waals surface area contributed by atoms with E-state index >= 15 is 0 Å². The van der Waals surface area contributed by atoms with Crippen LogP contribution in [0.4, 0.5) is 5.82 Å². The maximum Gasteiger partial charge on any atom is 0.133 e. The summed E-state index contributed by atoms with van der Waals surface area (Å²) in [5.74, 6) is 2.82. The van der Waals surface area contributed by atoms with Gasteiger partial charge in [0, 0.05) is 55.4 Å². The second-order valence-electron chi connectivity index (χ2n) is 7.39. The zero-order chi connectivity index (χ0) is 18.0. The van der Waals surface area contributed by atoms with Crippen LogP contribution in [0.15, 0.2) is 17.6 Å². The van der Waals surface area contributed by atoms with Gasteiger partial charge in [-0.1, -0.05) is 27.7 Å². The van der Waals surface area contributed by atoms with Gasteiger partial charge < -0.3 is 4.90 Å². The van der Waals surface area contributed by atoms with Crippen LogP contribution in [-0.4, -0.2) is 46.0 Å². The number of hydrogen-bond acceptors (Lipinski definition) is 6. The molecule has 3 heterocycles. The highest BCUT2D eigenvalue weighted by atomic mass is 32.1. The smallest absolute Gasteiger partial charge is 0.133 e. The van der Waals surface area contributed by atoms with Crippen LogP contribution in [0.2, 0.25) is 0 Å². The van der Waals surface area contributed by atoms with Gasteiger partial charge >= 0.3 is 0 Å². The van der Waals surface area contributed by atoms with E-state index in [4.69, 9.17) is 9.97 Å². The molecule has 0 aliphatic carbocycles. The SMILES string of the molecule is CC(C)c1cc(N2CCN(C(C)c3nccs3)CC2)nc(C(C)C)n1. The minimum absolute atomic E-state index is 0.351. The first-order chi connectivity index (χ1) is 12.0. The van der Waals surface area contributed by atoms with E-state index in [2.05, 4.69) is 60.8 Å². The van der Waals surface area contributed by atoms with Gasteiger partial charge in [-0.3, -0.25) is 4.90 Å². The van der Waals surface area contributed by atoms with E-state index in [1.165, 1.54) is 5.01 Å². The standard InChI is InChI=1S/C19H29N5S/c1-13(2)16-12-17(22-18(21-16)14(3)4)24-9-7-23(8-10-24)15(5)19-20-6-11-25-19/h6,11-15H,7-10H2,1-5H3. The van der Waals surface area contributed by atoms with Gasteiger partial charge in [-0.2, -0.15) is 0 Å². The third-order valence-electron chi connectivity index (χ3n) is 4.85. The number of piperazine rings is 1. The lowest BCUT2D eigenvalue weighted by Crippen LogP contribution is -2.47. The van der Waals surface area contributed by atoms with Crippen molar-refractivity contribution in [3.05, 3.63) is 34.2 Å². The molecular formula is C19H29N5S. The molecule has 1 saturated heterocycles. The Morgan fingerprint density at radius 3 is 2.24 bits per heavy atom. The highest BCUT2D eigenvalue weighted by Gasteiger charge is 2.25. The third kappa shape index (κ3) is 4.18. The van der Waals surface area contributed by atoms with E-state index < -0.39 is 0 Å². The number of thiazole rings is 1. The van der Waals surface area contributed by atoms with E-state index in [0.29, 0.717) is 17.9 Å². The number of rotatable bonds is 5. The fourth-order valence-electron chi connectivity index (χ4n) is 3.12. The predicted molar refractivity (Wildman–Crippen MR) is 105 cm³/mol. The number of anilines is 1. The van der Waals surface area contributed by atoms with Gasteiger partial charge in [-0.05, 0) is 12.8 Å². The molecule has 3 rings (SSSR count). The predicted octanol–water partition coefficient (Wildman–Crippen LogP) is 4.06. The molecule has 0 aromatic carbocycles. The fraction of sp³-hybridized carbons (Fsp3) is 0.632. The quantitative estimate of drug-likeness (QED) is 0.805. The van der Waals surface area contributed by atoms with E-state index in [0.717, 1.165) is 43.5 Å². The Morgan fingerprint density at radius 2 is 1.68 bits per heavy atom. The molecule has 1 fully saturated rings. The van der Waals surface area contributed by atoms with E-state index in [1.807, 2.05) is 6.20 Å². The van der Waals surface area contributed by atoms with Gasteiger partial charge in [0.05, 0.1) is 6.04 Å². The van der Waals surface area contributed by atoms with Crippen molar-refractivity contribution < 1.29 is 0 Å². The highest BCUT2D eigenvalue weighted by molar-refractivity contribution is 7.09. The Balaban J connectivity index is 1.72. The summed E-state index contributed by atoms with van der Waals surface area (Å²) < 4.78 is 0. The van der Waals surface area contributed by atoms with Gasteiger partial charge in [0.25, 0.3) is 0 Å². The van der Waals surface area contributed by atoms with Crippen LogP contribution >= 0.6 is 11.3 Å². The van der Waals surface area contributed by atoms with Crippen molar-refractivity contribution in [1.29, 1.82) is 0 Å². The van der Waals surface area contributed by atoms with Gasteiger partial charge in [-0.15, -0.1) is 11.3 Å². The third-order valence-corrected chi connectivity index (χ3v) is 5.80. The summed E-state index contributed by atoms with van der Waals surface area (Å²) in [6, 6.07) is 2.57. The van der Waals surface area contributed by atoms with Gasteiger partial charge in [0.1, 0.15) is 16.6 Å². The molecule has 0 amide bonds. The van der Waals surface area contributed by atoms with Crippen LogP contribution < -0.4 is 4.90 Å². The average molecular weight is 360 g/mol. The van der Waals surface area contributed by atoms with Gasteiger partial charge in [0.2, 0.25) is 0 Å². The zero-order valence-corrected chi connectivity index (χ0v) is 16.8. The second kappa shape index (κ2) is 7.79. The molecule has 1 unspecified atom stereocenters. The Morgan fingerprint density at radius 1 is 0.960 bits per heavy atom. The molecule has 1 aliphatic heterocycles. The molecule has 1 atom stereocenters. The Hall–Kier alpha value is -1.53. The first-order valence-electron chi connectivity index (χ1n) is 9.23. The molecule has 2 aromatic heterocycles. The molecule has 6 heteroatoms. The number of hydrogen-bond donors (Lipinski definition) is 0. The van der Waals surface area contributed by atoms with Crippen LogP contribution in [0, 0.1) is 0 Å². The zero-order valence-electron chi connectivity index (χ0n) is 15.9. The Bertz CT molecular complexity index is 649. The van der Waals surface area contributed by atoms with E-state index in [-0.39, 0.29) is 0 Å². The number of aromatic nitrogens is 3. The largest absolute Gasteiger partial charge is 0.354 e. The molecule has 5 nitrogen and oxygen atoms in total. The summed E-state index contributed by atoms with van der Waals surface area (Å²) in [5.41, 5.74) is 1.15. The molecule has 25 heavy (non-hydrogen) atoms. The molecule has 1 aliphatic rings. The van der Waals surface area contributed by atoms with Crippen LogP contribution in [0.1, 0.15) is 69.0 Å². The van der Waals surface area contributed by atoms with Crippen molar-refractivity contribution >= 4 is 17.2 Å². The topological polar surface area (TPSA) is 45.2 Å². The van der Waals surface area contributed by atoms with Crippen LogP contribution in [0.3, 0.4) is 0 Å². The summed E-state index contributed by atoms with van der Waals surface area (Å²) >= 11 is 1.75. The summed E-state index contributed by atoms with van der Waals surface area (Å²) in [6.07, 6.45) is 1.90. The van der Waals surface area contributed by atoms with Crippen LogP contribution in [0.5, 0.6) is 0 Å². The average Bonchev–Trinajstić information content (AvgIpc) is 3.15. The normalized spacial score (nSPS) is 17.5. The lowest BCUT2D eigenvalue weighted by atomic mass is 10.1. The molecule has 0 N–H and O–H groups in total. The Kier molecular flexibility index (Phi) is 5.69. The van der Waals surface area contributed by atoms with Crippen LogP contribution in [0.25, 0.3) is 0 Å². The van der Waals surface area contributed by atoms with Crippen molar-refractivity contribution in [3.8, 4) is 0 Å². The van der Waals surface area contributed by atoms with Crippen molar-refractivity contribution in [3.63, 3.8) is 0 Å². The number of nitrogens with zero attached hydrogens (tertiary/aromatic N) is 5.